The first-order valence-electron chi connectivity index (χ1n) is 8.51. The molecule has 0 radical (unpaired) electrons. The molecule has 128 valence electrons. The summed E-state index contributed by atoms with van der Waals surface area (Å²) in [6, 6.07) is 21.9. The summed E-state index contributed by atoms with van der Waals surface area (Å²) in [6.07, 6.45) is 2.51. The van der Waals surface area contributed by atoms with Crippen molar-refractivity contribution in [3.63, 3.8) is 0 Å². The Morgan fingerprint density at radius 2 is 1.54 bits per heavy atom. The number of nitrogens with one attached hydrogen (secondary N) is 2. The lowest BCUT2D eigenvalue weighted by molar-refractivity contribution is 0.774. The highest BCUT2D eigenvalue weighted by atomic mass is 127. The van der Waals surface area contributed by atoms with E-state index < -0.39 is 0 Å². The van der Waals surface area contributed by atoms with E-state index in [0.717, 1.165) is 19.0 Å². The van der Waals surface area contributed by atoms with Gasteiger partial charge >= 0.3 is 0 Å². The van der Waals surface area contributed by atoms with E-state index in [4.69, 9.17) is 4.99 Å². The van der Waals surface area contributed by atoms with E-state index in [-0.39, 0.29) is 29.9 Å². The fourth-order valence-electron chi connectivity index (χ4n) is 2.70. The zero-order valence-corrected chi connectivity index (χ0v) is 16.4. The molecule has 0 heterocycles. The first kappa shape index (κ1) is 18.8. The molecule has 1 aliphatic rings. The smallest absolute Gasteiger partial charge is 0.191 e. The van der Waals surface area contributed by atoms with Crippen molar-refractivity contribution in [3.8, 4) is 0 Å². The highest BCUT2D eigenvalue weighted by molar-refractivity contribution is 14.0. The molecule has 1 saturated carbocycles. The zero-order chi connectivity index (χ0) is 15.9. The number of hydrogen-bond donors (Lipinski definition) is 2. The van der Waals surface area contributed by atoms with Crippen molar-refractivity contribution < 1.29 is 0 Å². The van der Waals surface area contributed by atoms with Crippen molar-refractivity contribution in [1.82, 2.24) is 10.6 Å². The molecule has 1 fully saturated rings. The largest absolute Gasteiger partial charge is 0.357 e. The number of benzene rings is 2. The van der Waals surface area contributed by atoms with E-state index in [1.807, 2.05) is 0 Å². The van der Waals surface area contributed by atoms with E-state index >= 15 is 0 Å². The lowest BCUT2D eigenvalue weighted by Gasteiger charge is -2.17. The third-order valence-corrected chi connectivity index (χ3v) is 4.10. The number of guanidine groups is 1. The number of rotatable bonds is 6. The minimum Gasteiger partial charge on any atom is -0.357 e. The van der Waals surface area contributed by atoms with Crippen LogP contribution in [0.1, 0.15) is 36.8 Å². The maximum Gasteiger partial charge on any atom is 0.191 e. The number of halogens is 1. The maximum atomic E-state index is 4.84. The normalized spacial score (nSPS) is 14.2. The molecule has 24 heavy (non-hydrogen) atoms. The average molecular weight is 435 g/mol. The number of nitrogens with zero attached hydrogens (tertiary/aromatic N) is 1. The van der Waals surface area contributed by atoms with Gasteiger partial charge in [0.05, 0.1) is 6.54 Å². The minimum absolute atomic E-state index is 0. The lowest BCUT2D eigenvalue weighted by Crippen LogP contribution is -2.38. The van der Waals surface area contributed by atoms with Crippen LogP contribution in [0.4, 0.5) is 0 Å². The third-order valence-electron chi connectivity index (χ3n) is 4.10. The fourth-order valence-corrected chi connectivity index (χ4v) is 2.70. The summed E-state index contributed by atoms with van der Waals surface area (Å²) in [7, 11) is 0. The fraction of sp³-hybridized carbons (Fsp3) is 0.350. The van der Waals surface area contributed by atoms with Gasteiger partial charge in [0.15, 0.2) is 5.96 Å². The van der Waals surface area contributed by atoms with Gasteiger partial charge in [-0.3, -0.25) is 4.99 Å². The molecule has 0 bridgehead atoms. The summed E-state index contributed by atoms with van der Waals surface area (Å²) in [5.74, 6) is 1.22. The Morgan fingerprint density at radius 1 is 1.00 bits per heavy atom. The molecule has 2 N–H and O–H groups in total. The van der Waals surface area contributed by atoms with Crippen LogP contribution in [0.2, 0.25) is 0 Å². The Hall–Kier alpha value is -1.56. The standard InChI is InChI=1S/C20H25N3.HI/c1-2-21-20(23-18-13-14-18)22-15-19(16-9-5-3-6-10-16)17-11-7-4-8-12-17;/h3-12,18-19H,2,13-15H2,1H3,(H2,21,22,23);1H. The molecule has 0 aromatic heterocycles. The van der Waals surface area contributed by atoms with Gasteiger partial charge in [0, 0.05) is 18.5 Å². The van der Waals surface area contributed by atoms with Crippen molar-refractivity contribution in [1.29, 1.82) is 0 Å². The van der Waals surface area contributed by atoms with E-state index in [9.17, 15) is 0 Å². The maximum absolute atomic E-state index is 4.84. The predicted octanol–water partition coefficient (Wildman–Crippen LogP) is 4.15. The molecule has 0 amide bonds. The molecule has 0 atom stereocenters. The van der Waals surface area contributed by atoms with Crippen molar-refractivity contribution >= 4 is 29.9 Å². The summed E-state index contributed by atoms with van der Waals surface area (Å²) in [4.78, 5) is 4.84. The van der Waals surface area contributed by atoms with Crippen molar-refractivity contribution in [2.45, 2.75) is 31.7 Å². The van der Waals surface area contributed by atoms with Crippen LogP contribution in [0.5, 0.6) is 0 Å². The van der Waals surface area contributed by atoms with Crippen LogP contribution >= 0.6 is 24.0 Å². The molecular weight excluding hydrogens is 409 g/mol. The van der Waals surface area contributed by atoms with Gasteiger partial charge < -0.3 is 10.6 Å². The van der Waals surface area contributed by atoms with Crippen LogP contribution in [0.25, 0.3) is 0 Å². The summed E-state index contributed by atoms with van der Waals surface area (Å²) in [5.41, 5.74) is 2.62. The van der Waals surface area contributed by atoms with Crippen LogP contribution in [0, 0.1) is 0 Å². The van der Waals surface area contributed by atoms with Crippen LogP contribution in [-0.2, 0) is 0 Å². The first-order valence-corrected chi connectivity index (χ1v) is 8.51. The van der Waals surface area contributed by atoms with Crippen molar-refractivity contribution in [3.05, 3.63) is 71.8 Å². The Balaban J connectivity index is 0.00000208. The van der Waals surface area contributed by atoms with Crippen LogP contribution < -0.4 is 10.6 Å². The summed E-state index contributed by atoms with van der Waals surface area (Å²) >= 11 is 0. The van der Waals surface area contributed by atoms with Gasteiger partial charge in [-0.15, -0.1) is 24.0 Å². The molecule has 0 unspecified atom stereocenters. The van der Waals surface area contributed by atoms with E-state index in [2.05, 4.69) is 78.2 Å². The highest BCUT2D eigenvalue weighted by Crippen LogP contribution is 2.25. The molecule has 3 nitrogen and oxygen atoms in total. The Labute approximate surface area is 162 Å². The minimum atomic E-state index is 0. The zero-order valence-electron chi connectivity index (χ0n) is 14.1. The first-order chi connectivity index (χ1) is 11.4. The third kappa shape index (κ3) is 5.51. The van der Waals surface area contributed by atoms with Gasteiger partial charge in [-0.05, 0) is 30.9 Å². The lowest BCUT2D eigenvalue weighted by atomic mass is 9.91. The predicted molar refractivity (Wildman–Crippen MR) is 112 cm³/mol. The average Bonchev–Trinajstić information content (AvgIpc) is 3.41. The summed E-state index contributed by atoms with van der Waals surface area (Å²) in [6.45, 7) is 3.74. The molecular formula is C20H26IN3. The van der Waals surface area contributed by atoms with Crippen LogP contribution in [-0.4, -0.2) is 25.1 Å². The van der Waals surface area contributed by atoms with Gasteiger partial charge in [0.25, 0.3) is 0 Å². The number of aliphatic imine (C=N–C) groups is 1. The van der Waals surface area contributed by atoms with Crippen LogP contribution in [0.15, 0.2) is 65.7 Å². The molecule has 0 saturated heterocycles. The molecule has 2 aromatic carbocycles. The van der Waals surface area contributed by atoms with Gasteiger partial charge in [-0.1, -0.05) is 60.7 Å². The Morgan fingerprint density at radius 3 is 2.00 bits per heavy atom. The van der Waals surface area contributed by atoms with E-state index in [1.165, 1.54) is 24.0 Å². The molecule has 3 rings (SSSR count). The second-order valence-electron chi connectivity index (χ2n) is 6.01. The summed E-state index contributed by atoms with van der Waals surface area (Å²) < 4.78 is 0. The Bertz CT molecular complexity index is 584. The van der Waals surface area contributed by atoms with Crippen molar-refractivity contribution in [2.24, 2.45) is 4.99 Å². The van der Waals surface area contributed by atoms with E-state index in [1.54, 1.807) is 0 Å². The molecule has 4 heteroatoms. The van der Waals surface area contributed by atoms with Gasteiger partial charge in [0.2, 0.25) is 0 Å². The van der Waals surface area contributed by atoms with Gasteiger partial charge in [0.1, 0.15) is 0 Å². The Kier molecular flexibility index (Phi) is 7.56. The summed E-state index contributed by atoms with van der Waals surface area (Å²) in [5, 5.41) is 6.84. The molecule has 2 aromatic rings. The van der Waals surface area contributed by atoms with Crippen LogP contribution in [0.3, 0.4) is 0 Å². The quantitative estimate of drug-likeness (QED) is 0.406. The highest BCUT2D eigenvalue weighted by Gasteiger charge is 2.22. The second-order valence-corrected chi connectivity index (χ2v) is 6.01. The van der Waals surface area contributed by atoms with Gasteiger partial charge in [-0.2, -0.15) is 0 Å². The molecule has 0 aliphatic heterocycles. The monoisotopic (exact) mass is 435 g/mol. The second kappa shape index (κ2) is 9.67. The molecule has 1 aliphatic carbocycles. The SMILES string of the molecule is CCNC(=NCC(c1ccccc1)c1ccccc1)NC1CC1.I. The topological polar surface area (TPSA) is 36.4 Å². The van der Waals surface area contributed by atoms with Crippen molar-refractivity contribution in [2.75, 3.05) is 13.1 Å². The van der Waals surface area contributed by atoms with Gasteiger partial charge in [-0.25, -0.2) is 0 Å². The van der Waals surface area contributed by atoms with E-state index in [0.29, 0.717) is 6.04 Å². The number of hydrogen-bond acceptors (Lipinski definition) is 1. The molecule has 0 spiro atoms.